The van der Waals surface area contributed by atoms with Gasteiger partial charge in [0.1, 0.15) is 12.4 Å². The van der Waals surface area contributed by atoms with Crippen LogP contribution >= 0.6 is 12.4 Å². The molecule has 0 aromatic heterocycles. The summed E-state index contributed by atoms with van der Waals surface area (Å²) < 4.78 is 38.1. The fourth-order valence-corrected chi connectivity index (χ4v) is 3.00. The lowest BCUT2D eigenvalue weighted by atomic mass is 9.92. The minimum atomic E-state index is -0.666. The van der Waals surface area contributed by atoms with Crippen LogP contribution in [0.4, 0.5) is 14.5 Å². The molecule has 28 heavy (non-hydrogen) atoms. The number of carbonyl (C=O) groups is 1. The van der Waals surface area contributed by atoms with E-state index in [1.807, 2.05) is 0 Å². The van der Waals surface area contributed by atoms with E-state index in [0.29, 0.717) is 24.5 Å². The van der Waals surface area contributed by atoms with E-state index >= 15 is 0 Å². The van der Waals surface area contributed by atoms with Crippen LogP contribution in [0, 0.1) is 17.6 Å². The molecule has 1 amide bonds. The van der Waals surface area contributed by atoms with E-state index in [1.54, 1.807) is 18.2 Å². The molecule has 3 N–H and O–H groups in total. The van der Waals surface area contributed by atoms with Crippen LogP contribution in [0.5, 0.6) is 5.75 Å². The van der Waals surface area contributed by atoms with Crippen LogP contribution in [0.2, 0.25) is 0 Å². The third-order valence-electron chi connectivity index (χ3n) is 4.56. The zero-order valence-electron chi connectivity index (χ0n) is 15.2. The van der Waals surface area contributed by atoms with Crippen molar-refractivity contribution in [1.29, 1.82) is 0 Å². The molecule has 2 aromatic rings. The number of hydrogen-bond donors (Lipinski definition) is 2. The number of nitrogens with one attached hydrogen (secondary N) is 1. The van der Waals surface area contributed by atoms with Crippen molar-refractivity contribution in [3.63, 3.8) is 0 Å². The summed E-state index contributed by atoms with van der Waals surface area (Å²) in [5.41, 5.74) is 6.91. The Morgan fingerprint density at radius 1 is 1.21 bits per heavy atom. The Balaban J connectivity index is 0.00000280. The van der Waals surface area contributed by atoms with Crippen LogP contribution in [-0.2, 0) is 16.1 Å². The smallest absolute Gasteiger partial charge is 0.241 e. The van der Waals surface area contributed by atoms with Crippen LogP contribution in [0.15, 0.2) is 42.5 Å². The fraction of sp³-hybridized carbons (Fsp3) is 0.350. The second kappa shape index (κ2) is 10.4. The molecule has 8 heteroatoms. The van der Waals surface area contributed by atoms with Gasteiger partial charge in [0.25, 0.3) is 0 Å². The molecule has 0 spiro atoms. The third-order valence-corrected chi connectivity index (χ3v) is 4.56. The van der Waals surface area contributed by atoms with Gasteiger partial charge in [-0.2, -0.15) is 0 Å². The molecule has 152 valence electrons. The maximum absolute atomic E-state index is 14.2. The van der Waals surface area contributed by atoms with Crippen molar-refractivity contribution in [3.8, 4) is 5.75 Å². The number of anilines is 1. The van der Waals surface area contributed by atoms with E-state index < -0.39 is 11.9 Å². The van der Waals surface area contributed by atoms with E-state index in [2.05, 4.69) is 5.32 Å². The van der Waals surface area contributed by atoms with E-state index in [-0.39, 0.29) is 42.4 Å². The first-order valence-corrected chi connectivity index (χ1v) is 8.84. The zero-order valence-corrected chi connectivity index (χ0v) is 16.0. The molecule has 1 fully saturated rings. The Hall–Kier alpha value is -2.22. The molecular weight excluding hydrogens is 390 g/mol. The minimum absolute atomic E-state index is 0. The predicted molar refractivity (Wildman–Crippen MR) is 105 cm³/mol. The van der Waals surface area contributed by atoms with E-state index in [4.69, 9.17) is 15.2 Å². The van der Waals surface area contributed by atoms with Gasteiger partial charge in [-0.15, -0.1) is 12.4 Å². The Bertz CT molecular complexity index is 801. The summed E-state index contributed by atoms with van der Waals surface area (Å²) in [4.78, 5) is 12.3. The topological polar surface area (TPSA) is 73.6 Å². The van der Waals surface area contributed by atoms with Gasteiger partial charge in [-0.05, 0) is 48.6 Å². The quantitative estimate of drug-likeness (QED) is 0.759. The molecule has 0 radical (unpaired) electrons. The molecule has 0 bridgehead atoms. The molecule has 1 heterocycles. The summed E-state index contributed by atoms with van der Waals surface area (Å²) >= 11 is 0. The molecule has 1 aliphatic heterocycles. The first-order chi connectivity index (χ1) is 13.0. The molecule has 1 saturated heterocycles. The zero-order chi connectivity index (χ0) is 19.2. The van der Waals surface area contributed by atoms with Gasteiger partial charge in [0.15, 0.2) is 11.6 Å². The van der Waals surface area contributed by atoms with Gasteiger partial charge in [-0.25, -0.2) is 8.78 Å². The van der Waals surface area contributed by atoms with Gasteiger partial charge in [0.2, 0.25) is 5.91 Å². The van der Waals surface area contributed by atoms with Crippen LogP contribution in [0.3, 0.4) is 0 Å². The number of halogens is 3. The van der Waals surface area contributed by atoms with Gasteiger partial charge >= 0.3 is 0 Å². The third kappa shape index (κ3) is 5.89. The van der Waals surface area contributed by atoms with Crippen LogP contribution < -0.4 is 15.8 Å². The highest BCUT2D eigenvalue weighted by Gasteiger charge is 2.26. The lowest BCUT2D eigenvalue weighted by Gasteiger charge is -2.26. The minimum Gasteiger partial charge on any atom is -0.486 e. The molecule has 5 nitrogen and oxygen atoms in total. The first-order valence-electron chi connectivity index (χ1n) is 8.84. The maximum atomic E-state index is 14.2. The predicted octanol–water partition coefficient (Wildman–Crippen LogP) is 3.66. The second-order valence-electron chi connectivity index (χ2n) is 6.53. The summed E-state index contributed by atoms with van der Waals surface area (Å²) in [5.74, 6) is -1.28. The van der Waals surface area contributed by atoms with Gasteiger partial charge < -0.3 is 20.5 Å². The number of benzene rings is 2. The Kier molecular flexibility index (Phi) is 8.17. The highest BCUT2D eigenvalue weighted by Crippen LogP contribution is 2.23. The summed E-state index contributed by atoms with van der Waals surface area (Å²) in [5, 5.41) is 2.64. The summed E-state index contributed by atoms with van der Waals surface area (Å²) in [6.07, 6.45) is 1.46. The van der Waals surface area contributed by atoms with Gasteiger partial charge in [-0.1, -0.05) is 12.1 Å². The maximum Gasteiger partial charge on any atom is 0.241 e. The number of rotatable bonds is 6. The lowest BCUT2D eigenvalue weighted by molar-refractivity contribution is -0.119. The Labute approximate surface area is 168 Å². The van der Waals surface area contributed by atoms with Crippen LogP contribution in [0.25, 0.3) is 0 Å². The van der Waals surface area contributed by atoms with Gasteiger partial charge in [0, 0.05) is 25.0 Å². The van der Waals surface area contributed by atoms with Crippen molar-refractivity contribution in [3.05, 3.63) is 59.7 Å². The lowest BCUT2D eigenvalue weighted by Crippen LogP contribution is -2.44. The number of amides is 1. The molecule has 1 unspecified atom stereocenters. The normalized spacial score (nSPS) is 15.4. The molecule has 1 aliphatic rings. The highest BCUT2D eigenvalue weighted by atomic mass is 35.5. The molecule has 1 atom stereocenters. The molecule has 0 saturated carbocycles. The first kappa shape index (κ1) is 22.1. The average Bonchev–Trinajstić information content (AvgIpc) is 2.67. The summed E-state index contributed by atoms with van der Waals surface area (Å²) in [7, 11) is 0. The molecular formula is C20H23ClF2N2O3. The Morgan fingerprint density at radius 2 is 1.96 bits per heavy atom. The van der Waals surface area contributed by atoms with E-state index in [0.717, 1.165) is 12.8 Å². The van der Waals surface area contributed by atoms with Crippen LogP contribution in [-0.4, -0.2) is 25.2 Å². The van der Waals surface area contributed by atoms with Crippen molar-refractivity contribution in [2.45, 2.75) is 25.5 Å². The van der Waals surface area contributed by atoms with Crippen molar-refractivity contribution in [2.75, 3.05) is 18.5 Å². The number of nitrogens with two attached hydrogens (primary N) is 1. The summed E-state index contributed by atoms with van der Waals surface area (Å²) in [6.45, 7) is 1.23. The van der Waals surface area contributed by atoms with Gasteiger partial charge in [-0.3, -0.25) is 4.79 Å². The highest BCUT2D eigenvalue weighted by molar-refractivity contribution is 5.94. The molecule has 3 rings (SSSR count). The van der Waals surface area contributed by atoms with E-state index in [9.17, 15) is 13.6 Å². The summed E-state index contributed by atoms with van der Waals surface area (Å²) in [6, 6.07) is 9.37. The second-order valence-corrected chi connectivity index (χ2v) is 6.53. The fourth-order valence-electron chi connectivity index (χ4n) is 3.00. The standard InChI is InChI=1S/C20H22F2N2O3.ClH/c21-15-3-1-2-13(10-15)12-27-18-5-4-16(11-17(18)22)24-20(25)19(23)14-6-8-26-9-7-14;/h1-5,10-11,14,19H,6-9,12,23H2,(H,24,25);1H. The van der Waals surface area contributed by atoms with Crippen molar-refractivity contribution in [1.82, 2.24) is 0 Å². The number of ether oxygens (including phenoxy) is 2. The van der Waals surface area contributed by atoms with Crippen molar-refractivity contribution in [2.24, 2.45) is 11.7 Å². The monoisotopic (exact) mass is 412 g/mol. The SMILES string of the molecule is Cl.NC(C(=O)Nc1ccc(OCc2cccc(F)c2)c(F)c1)C1CCOCC1. The number of carbonyl (C=O) groups excluding carboxylic acids is 1. The van der Waals surface area contributed by atoms with Crippen LogP contribution in [0.1, 0.15) is 18.4 Å². The number of hydrogen-bond acceptors (Lipinski definition) is 4. The Morgan fingerprint density at radius 3 is 2.64 bits per heavy atom. The average molecular weight is 413 g/mol. The molecule has 2 aromatic carbocycles. The molecule has 0 aliphatic carbocycles. The van der Waals surface area contributed by atoms with Crippen molar-refractivity contribution >= 4 is 24.0 Å². The van der Waals surface area contributed by atoms with E-state index in [1.165, 1.54) is 24.3 Å². The van der Waals surface area contributed by atoms with Crippen molar-refractivity contribution < 1.29 is 23.0 Å². The largest absolute Gasteiger partial charge is 0.486 e. The van der Waals surface area contributed by atoms with Gasteiger partial charge in [0.05, 0.1) is 6.04 Å².